The third-order valence-electron chi connectivity index (χ3n) is 6.04. The molecule has 1 atom stereocenters. The first-order chi connectivity index (χ1) is 17.4. The van der Waals surface area contributed by atoms with Crippen LogP contribution in [0.1, 0.15) is 5.56 Å². The molecule has 0 radical (unpaired) electrons. The number of rotatable bonds is 7. The van der Waals surface area contributed by atoms with Gasteiger partial charge in [0, 0.05) is 5.39 Å². The standard InChI is InChI=1S/C28H26N2O5S/c1-20-13-15-22(16-14-20)36(32,33)30-19-27(35-26-11-5-4-10-24(26)30)28(31)29-17-18-34-25-12-6-8-21-7-2-3-9-23(21)25/h2-16,27H,17-19H2,1H3,(H,29,31)/t27-/m1/s1. The van der Waals surface area contributed by atoms with Gasteiger partial charge in [0.05, 0.1) is 23.7 Å². The van der Waals surface area contributed by atoms with Gasteiger partial charge in [0.2, 0.25) is 0 Å². The summed E-state index contributed by atoms with van der Waals surface area (Å²) in [6.45, 7) is 2.26. The zero-order chi connectivity index (χ0) is 25.1. The van der Waals surface area contributed by atoms with Crippen LogP contribution in [0.4, 0.5) is 5.69 Å². The van der Waals surface area contributed by atoms with E-state index in [9.17, 15) is 13.2 Å². The number of carbonyl (C=O) groups excluding carboxylic acids is 1. The minimum atomic E-state index is -3.89. The molecule has 1 amide bonds. The molecule has 0 saturated carbocycles. The topological polar surface area (TPSA) is 84.9 Å². The molecule has 0 bridgehead atoms. The van der Waals surface area contributed by atoms with E-state index in [1.165, 1.54) is 4.31 Å². The molecule has 1 aliphatic rings. The van der Waals surface area contributed by atoms with Gasteiger partial charge in [-0.2, -0.15) is 0 Å². The summed E-state index contributed by atoms with van der Waals surface area (Å²) in [5, 5.41) is 4.88. The number of hydrogen-bond acceptors (Lipinski definition) is 5. The van der Waals surface area contributed by atoms with Crippen LogP contribution in [0.5, 0.6) is 11.5 Å². The van der Waals surface area contributed by atoms with Crippen LogP contribution < -0.4 is 19.1 Å². The molecule has 1 heterocycles. The second kappa shape index (κ2) is 9.91. The summed E-state index contributed by atoms with van der Waals surface area (Å²) >= 11 is 0. The lowest BCUT2D eigenvalue weighted by Gasteiger charge is -2.34. The molecule has 36 heavy (non-hydrogen) atoms. The van der Waals surface area contributed by atoms with Crippen LogP contribution in [0.3, 0.4) is 0 Å². The fourth-order valence-corrected chi connectivity index (χ4v) is 5.65. The van der Waals surface area contributed by atoms with Gasteiger partial charge in [0.25, 0.3) is 15.9 Å². The van der Waals surface area contributed by atoms with Crippen LogP contribution in [0.2, 0.25) is 0 Å². The minimum Gasteiger partial charge on any atom is -0.491 e. The maximum atomic E-state index is 13.5. The number of sulfonamides is 1. The van der Waals surface area contributed by atoms with Gasteiger partial charge in [-0.05, 0) is 42.6 Å². The molecular formula is C28H26N2O5S. The van der Waals surface area contributed by atoms with Crippen LogP contribution in [-0.4, -0.2) is 40.1 Å². The molecule has 0 spiro atoms. The zero-order valence-electron chi connectivity index (χ0n) is 19.8. The van der Waals surface area contributed by atoms with E-state index in [1.54, 1.807) is 48.5 Å². The lowest BCUT2D eigenvalue weighted by Crippen LogP contribution is -2.51. The smallest absolute Gasteiger partial charge is 0.264 e. The molecule has 5 rings (SSSR count). The Morgan fingerprint density at radius 1 is 0.972 bits per heavy atom. The molecule has 7 nitrogen and oxygen atoms in total. The molecule has 1 N–H and O–H groups in total. The Balaban J connectivity index is 1.28. The van der Waals surface area contributed by atoms with E-state index in [2.05, 4.69) is 5.32 Å². The van der Waals surface area contributed by atoms with Crippen molar-refractivity contribution in [3.8, 4) is 11.5 Å². The molecule has 184 valence electrons. The van der Waals surface area contributed by atoms with Crippen LogP contribution >= 0.6 is 0 Å². The van der Waals surface area contributed by atoms with Gasteiger partial charge in [0.15, 0.2) is 6.10 Å². The predicted octanol–water partition coefficient (Wildman–Crippen LogP) is 4.30. The van der Waals surface area contributed by atoms with Gasteiger partial charge in [0.1, 0.15) is 18.1 Å². The van der Waals surface area contributed by atoms with Crippen LogP contribution in [0.15, 0.2) is 95.9 Å². The van der Waals surface area contributed by atoms with E-state index in [0.29, 0.717) is 11.4 Å². The Labute approximate surface area is 210 Å². The molecule has 4 aromatic carbocycles. The molecule has 1 aliphatic heterocycles. The van der Waals surface area contributed by atoms with E-state index in [1.807, 2.05) is 49.4 Å². The quantitative estimate of drug-likeness (QED) is 0.381. The Kier molecular flexibility index (Phi) is 6.52. The van der Waals surface area contributed by atoms with E-state index in [0.717, 1.165) is 22.1 Å². The maximum Gasteiger partial charge on any atom is 0.264 e. The average molecular weight is 503 g/mol. The number of anilines is 1. The fourth-order valence-electron chi connectivity index (χ4n) is 4.17. The Hall–Kier alpha value is -4.04. The maximum absolute atomic E-state index is 13.5. The van der Waals surface area contributed by atoms with E-state index < -0.39 is 22.0 Å². The third kappa shape index (κ3) is 4.72. The van der Waals surface area contributed by atoms with E-state index in [-0.39, 0.29) is 24.6 Å². The van der Waals surface area contributed by atoms with Crippen molar-refractivity contribution in [2.45, 2.75) is 17.9 Å². The van der Waals surface area contributed by atoms with Crippen LogP contribution in [-0.2, 0) is 14.8 Å². The molecule has 0 saturated heterocycles. The molecule has 0 fully saturated rings. The van der Waals surface area contributed by atoms with Crippen molar-refractivity contribution >= 4 is 32.4 Å². The lowest BCUT2D eigenvalue weighted by atomic mass is 10.1. The van der Waals surface area contributed by atoms with Crippen molar-refractivity contribution in [1.82, 2.24) is 5.32 Å². The second-order valence-corrected chi connectivity index (χ2v) is 10.4. The highest BCUT2D eigenvalue weighted by molar-refractivity contribution is 7.92. The molecule has 0 aliphatic carbocycles. The number of benzene rings is 4. The first kappa shape index (κ1) is 23.7. The van der Waals surface area contributed by atoms with E-state index in [4.69, 9.17) is 9.47 Å². The number of nitrogens with zero attached hydrogens (tertiary/aromatic N) is 1. The monoisotopic (exact) mass is 502 g/mol. The number of ether oxygens (including phenoxy) is 2. The van der Waals surface area contributed by atoms with Crippen molar-refractivity contribution in [2.24, 2.45) is 0 Å². The van der Waals surface area contributed by atoms with Gasteiger partial charge in [-0.3, -0.25) is 9.10 Å². The number of fused-ring (bicyclic) bond motifs is 2. The average Bonchev–Trinajstić information content (AvgIpc) is 2.90. The lowest BCUT2D eigenvalue weighted by molar-refractivity contribution is -0.127. The number of para-hydroxylation sites is 2. The van der Waals surface area contributed by atoms with Crippen LogP contribution in [0, 0.1) is 6.92 Å². The minimum absolute atomic E-state index is 0.136. The summed E-state index contributed by atoms with van der Waals surface area (Å²) in [6, 6.07) is 27.2. The summed E-state index contributed by atoms with van der Waals surface area (Å²) < 4.78 is 40.0. The SMILES string of the molecule is Cc1ccc(S(=O)(=O)N2C[C@H](C(=O)NCCOc3cccc4ccccc34)Oc3ccccc32)cc1. The van der Waals surface area contributed by atoms with Crippen molar-refractivity contribution < 1.29 is 22.7 Å². The van der Waals surface area contributed by atoms with Crippen molar-refractivity contribution in [3.05, 3.63) is 96.6 Å². The van der Waals surface area contributed by atoms with Crippen molar-refractivity contribution in [1.29, 1.82) is 0 Å². The molecule has 8 heteroatoms. The third-order valence-corrected chi connectivity index (χ3v) is 7.84. The summed E-state index contributed by atoms with van der Waals surface area (Å²) in [5.74, 6) is 0.669. The summed E-state index contributed by atoms with van der Waals surface area (Å²) in [6.07, 6.45) is -1.00. The van der Waals surface area contributed by atoms with Gasteiger partial charge >= 0.3 is 0 Å². The molecular weight excluding hydrogens is 476 g/mol. The van der Waals surface area contributed by atoms with Crippen molar-refractivity contribution in [2.75, 3.05) is 24.0 Å². The fraction of sp³-hybridized carbons (Fsp3) is 0.179. The Morgan fingerprint density at radius 2 is 1.69 bits per heavy atom. The van der Waals surface area contributed by atoms with Gasteiger partial charge in [-0.25, -0.2) is 8.42 Å². The number of hydrogen-bond donors (Lipinski definition) is 1. The number of carbonyl (C=O) groups is 1. The number of aryl methyl sites for hydroxylation is 1. The number of nitrogens with one attached hydrogen (secondary N) is 1. The summed E-state index contributed by atoms with van der Waals surface area (Å²) in [4.78, 5) is 13.1. The largest absolute Gasteiger partial charge is 0.491 e. The highest BCUT2D eigenvalue weighted by Crippen LogP contribution is 2.36. The summed E-state index contributed by atoms with van der Waals surface area (Å²) in [5.41, 5.74) is 1.36. The Bertz CT molecular complexity index is 1500. The predicted molar refractivity (Wildman–Crippen MR) is 139 cm³/mol. The zero-order valence-corrected chi connectivity index (χ0v) is 20.6. The highest BCUT2D eigenvalue weighted by Gasteiger charge is 2.37. The van der Waals surface area contributed by atoms with Gasteiger partial charge in [-0.15, -0.1) is 0 Å². The molecule has 0 aromatic heterocycles. The summed E-state index contributed by atoms with van der Waals surface area (Å²) in [7, 11) is -3.89. The molecule has 0 unspecified atom stereocenters. The van der Waals surface area contributed by atoms with E-state index >= 15 is 0 Å². The van der Waals surface area contributed by atoms with Gasteiger partial charge in [-0.1, -0.05) is 66.2 Å². The number of amides is 1. The second-order valence-electron chi connectivity index (χ2n) is 8.54. The van der Waals surface area contributed by atoms with Gasteiger partial charge < -0.3 is 14.8 Å². The molecule has 4 aromatic rings. The van der Waals surface area contributed by atoms with Crippen LogP contribution in [0.25, 0.3) is 10.8 Å². The van der Waals surface area contributed by atoms with Crippen molar-refractivity contribution in [3.63, 3.8) is 0 Å². The normalized spacial score (nSPS) is 15.1. The highest BCUT2D eigenvalue weighted by atomic mass is 32.2. The Morgan fingerprint density at radius 3 is 2.53 bits per heavy atom. The first-order valence-corrected chi connectivity index (χ1v) is 13.1. The first-order valence-electron chi connectivity index (χ1n) is 11.7.